The fourth-order valence-electron chi connectivity index (χ4n) is 5.09. The van der Waals surface area contributed by atoms with Crippen molar-refractivity contribution in [2.45, 2.75) is 20.3 Å². The van der Waals surface area contributed by atoms with Crippen LogP contribution in [0.15, 0.2) is 72.8 Å². The maximum absolute atomic E-state index is 13.1. The van der Waals surface area contributed by atoms with E-state index in [0.717, 1.165) is 18.8 Å². The number of benzene rings is 3. The van der Waals surface area contributed by atoms with Crippen LogP contribution in [0.25, 0.3) is 0 Å². The van der Waals surface area contributed by atoms with Gasteiger partial charge in [0.05, 0.1) is 5.92 Å². The molecule has 2 fully saturated rings. The topological polar surface area (TPSA) is 73.0 Å². The first-order valence-corrected chi connectivity index (χ1v) is 12.8. The third-order valence-electron chi connectivity index (χ3n) is 7.45. The van der Waals surface area contributed by atoms with Crippen molar-refractivity contribution < 1.29 is 14.4 Å². The second-order valence-electron chi connectivity index (χ2n) is 9.81. The Morgan fingerprint density at radius 3 is 2.24 bits per heavy atom. The quantitative estimate of drug-likeness (QED) is 0.573. The molecular formula is C30H32N4O3. The Hall–Kier alpha value is -4.13. The fraction of sp³-hybridized carbons (Fsp3) is 0.300. The second kappa shape index (κ2) is 10.5. The Kier molecular flexibility index (Phi) is 6.95. The molecule has 190 valence electrons. The van der Waals surface area contributed by atoms with E-state index in [1.54, 1.807) is 29.2 Å². The van der Waals surface area contributed by atoms with Crippen molar-refractivity contribution in [2.75, 3.05) is 47.8 Å². The minimum atomic E-state index is -0.414. The van der Waals surface area contributed by atoms with Gasteiger partial charge in [0.2, 0.25) is 11.8 Å². The van der Waals surface area contributed by atoms with Crippen molar-refractivity contribution in [3.63, 3.8) is 0 Å². The second-order valence-corrected chi connectivity index (χ2v) is 9.81. The molecule has 2 aliphatic heterocycles. The fourth-order valence-corrected chi connectivity index (χ4v) is 5.09. The molecule has 0 spiro atoms. The van der Waals surface area contributed by atoms with Gasteiger partial charge in [-0.1, -0.05) is 30.3 Å². The van der Waals surface area contributed by atoms with Crippen molar-refractivity contribution in [3.05, 3.63) is 89.5 Å². The van der Waals surface area contributed by atoms with Crippen LogP contribution in [0.5, 0.6) is 0 Å². The number of hydrogen-bond donors (Lipinski definition) is 1. The van der Waals surface area contributed by atoms with Gasteiger partial charge in [0.1, 0.15) is 0 Å². The summed E-state index contributed by atoms with van der Waals surface area (Å²) in [6, 6.07) is 22.8. The molecule has 1 N–H and O–H groups in total. The highest BCUT2D eigenvalue weighted by atomic mass is 16.2. The van der Waals surface area contributed by atoms with Gasteiger partial charge >= 0.3 is 0 Å². The smallest absolute Gasteiger partial charge is 0.253 e. The zero-order valence-electron chi connectivity index (χ0n) is 21.3. The molecule has 0 radical (unpaired) electrons. The number of rotatable bonds is 5. The number of nitrogens with zero attached hydrogens (tertiary/aromatic N) is 3. The molecule has 2 saturated heterocycles. The number of hydrogen-bond acceptors (Lipinski definition) is 4. The van der Waals surface area contributed by atoms with Crippen molar-refractivity contribution >= 4 is 34.8 Å². The number of para-hydroxylation sites is 1. The van der Waals surface area contributed by atoms with E-state index in [4.69, 9.17) is 0 Å². The number of aryl methyl sites for hydroxylation is 1. The molecule has 5 rings (SSSR count). The van der Waals surface area contributed by atoms with Crippen LogP contribution in [0.2, 0.25) is 0 Å². The zero-order chi connectivity index (χ0) is 25.9. The zero-order valence-corrected chi connectivity index (χ0v) is 21.3. The van der Waals surface area contributed by atoms with E-state index in [9.17, 15) is 14.4 Å². The van der Waals surface area contributed by atoms with Crippen LogP contribution in [0.1, 0.15) is 27.9 Å². The Balaban J connectivity index is 1.15. The third-order valence-corrected chi connectivity index (χ3v) is 7.45. The Bertz CT molecular complexity index is 1300. The molecule has 1 atom stereocenters. The molecule has 0 aliphatic carbocycles. The van der Waals surface area contributed by atoms with Crippen LogP contribution in [-0.4, -0.2) is 55.3 Å². The minimum Gasteiger partial charge on any atom is -0.368 e. The summed E-state index contributed by atoms with van der Waals surface area (Å²) in [5.41, 5.74) is 5.82. The lowest BCUT2D eigenvalue weighted by Crippen LogP contribution is -2.49. The van der Waals surface area contributed by atoms with Gasteiger partial charge in [0, 0.05) is 61.8 Å². The lowest BCUT2D eigenvalue weighted by atomic mass is 10.1. The molecule has 37 heavy (non-hydrogen) atoms. The molecule has 1 unspecified atom stereocenters. The Morgan fingerprint density at radius 1 is 0.838 bits per heavy atom. The van der Waals surface area contributed by atoms with E-state index in [2.05, 4.69) is 42.3 Å². The molecule has 0 aromatic heterocycles. The molecule has 3 aromatic rings. The van der Waals surface area contributed by atoms with Gasteiger partial charge < -0.3 is 20.0 Å². The van der Waals surface area contributed by atoms with Crippen LogP contribution in [-0.2, 0) is 9.59 Å². The summed E-state index contributed by atoms with van der Waals surface area (Å²) in [6.07, 6.45) is 0.186. The first kappa shape index (κ1) is 24.6. The number of amides is 3. The third kappa shape index (κ3) is 5.21. The molecule has 7 heteroatoms. The lowest BCUT2D eigenvalue weighted by molar-refractivity contribution is -0.122. The monoisotopic (exact) mass is 496 g/mol. The number of nitrogens with one attached hydrogen (secondary N) is 1. The maximum Gasteiger partial charge on any atom is 0.253 e. The molecule has 2 heterocycles. The first-order chi connectivity index (χ1) is 17.9. The average Bonchev–Trinajstić information content (AvgIpc) is 3.32. The van der Waals surface area contributed by atoms with Crippen molar-refractivity contribution in [1.29, 1.82) is 0 Å². The standard InChI is InChI=1S/C30H32N4O3/c1-21-7-6-10-27(22(21)2)32-15-17-33(18-16-32)30(37)23-11-13-25(14-12-23)31-29(36)24-19-28(35)34(20-24)26-8-4-3-5-9-26/h3-14,24H,15-20H2,1-2H3,(H,31,36). The number of carbonyl (C=O) groups excluding carboxylic acids is 3. The predicted octanol–water partition coefficient (Wildman–Crippen LogP) is 4.26. The van der Waals surface area contributed by atoms with Gasteiger partial charge in [-0.05, 0) is 67.4 Å². The van der Waals surface area contributed by atoms with E-state index >= 15 is 0 Å². The number of anilines is 3. The van der Waals surface area contributed by atoms with Gasteiger partial charge in [-0.25, -0.2) is 0 Å². The van der Waals surface area contributed by atoms with E-state index in [0.29, 0.717) is 30.9 Å². The summed E-state index contributed by atoms with van der Waals surface area (Å²) < 4.78 is 0. The van der Waals surface area contributed by atoms with Crippen LogP contribution in [0.3, 0.4) is 0 Å². The van der Waals surface area contributed by atoms with Gasteiger partial charge in [-0.15, -0.1) is 0 Å². The highest BCUT2D eigenvalue weighted by Crippen LogP contribution is 2.27. The number of piperazine rings is 1. The largest absolute Gasteiger partial charge is 0.368 e. The van der Waals surface area contributed by atoms with Gasteiger partial charge in [-0.2, -0.15) is 0 Å². The SMILES string of the molecule is Cc1cccc(N2CCN(C(=O)c3ccc(NC(=O)C4CC(=O)N(c5ccccc5)C4)cc3)CC2)c1C. The summed E-state index contributed by atoms with van der Waals surface area (Å²) >= 11 is 0. The normalized spacial score (nSPS) is 17.7. The van der Waals surface area contributed by atoms with Crippen LogP contribution < -0.4 is 15.1 Å². The highest BCUT2D eigenvalue weighted by molar-refractivity contribution is 6.03. The molecule has 7 nitrogen and oxygen atoms in total. The average molecular weight is 497 g/mol. The van der Waals surface area contributed by atoms with Gasteiger partial charge in [-0.3, -0.25) is 14.4 Å². The van der Waals surface area contributed by atoms with Gasteiger partial charge in [0.15, 0.2) is 0 Å². The van der Waals surface area contributed by atoms with Crippen molar-refractivity contribution in [1.82, 2.24) is 4.90 Å². The van der Waals surface area contributed by atoms with Crippen LogP contribution in [0, 0.1) is 19.8 Å². The molecule has 3 aromatic carbocycles. The Labute approximate surface area is 217 Å². The lowest BCUT2D eigenvalue weighted by Gasteiger charge is -2.37. The summed E-state index contributed by atoms with van der Waals surface area (Å²) in [4.78, 5) is 44.3. The Morgan fingerprint density at radius 2 is 1.54 bits per heavy atom. The predicted molar refractivity (Wildman–Crippen MR) is 146 cm³/mol. The molecule has 0 saturated carbocycles. The summed E-state index contributed by atoms with van der Waals surface area (Å²) in [6.45, 7) is 7.55. The van der Waals surface area contributed by atoms with Crippen molar-refractivity contribution in [2.24, 2.45) is 5.92 Å². The maximum atomic E-state index is 13.1. The van der Waals surface area contributed by atoms with Crippen LogP contribution in [0.4, 0.5) is 17.1 Å². The van der Waals surface area contributed by atoms with Gasteiger partial charge in [0.25, 0.3) is 5.91 Å². The van der Waals surface area contributed by atoms with Crippen LogP contribution >= 0.6 is 0 Å². The molecule has 2 aliphatic rings. The van der Waals surface area contributed by atoms with E-state index in [1.165, 1.54) is 16.8 Å². The molecule has 0 bridgehead atoms. The molecular weight excluding hydrogens is 464 g/mol. The summed E-state index contributed by atoms with van der Waals surface area (Å²) in [5, 5.41) is 2.91. The molecule has 3 amide bonds. The van der Waals surface area contributed by atoms with E-state index in [-0.39, 0.29) is 24.1 Å². The summed E-state index contributed by atoms with van der Waals surface area (Å²) in [5.74, 6) is -0.654. The number of carbonyl (C=O) groups is 3. The highest BCUT2D eigenvalue weighted by Gasteiger charge is 2.35. The first-order valence-electron chi connectivity index (χ1n) is 12.8. The minimum absolute atomic E-state index is 0.00150. The van der Waals surface area contributed by atoms with E-state index < -0.39 is 5.92 Å². The summed E-state index contributed by atoms with van der Waals surface area (Å²) in [7, 11) is 0. The van der Waals surface area contributed by atoms with Crippen molar-refractivity contribution in [3.8, 4) is 0 Å². The van der Waals surface area contributed by atoms with E-state index in [1.807, 2.05) is 35.2 Å².